The van der Waals surface area contributed by atoms with Crippen LogP contribution in [0.4, 0.5) is 0 Å². The van der Waals surface area contributed by atoms with Crippen LogP contribution in [0.2, 0.25) is 0 Å². The van der Waals surface area contributed by atoms with Gasteiger partial charge >= 0.3 is 0 Å². The standard InChI is InChI=1S/C25H27O4/c1-7-17-14-20(18-8-10-21(27-4)15(2)12-18)23(25(29-6)24(17)26)19-9-11-22(28-5)16(3)13-19/h8-13,26H,7H2,1-6H3. The van der Waals surface area contributed by atoms with E-state index in [9.17, 15) is 5.11 Å². The van der Waals surface area contributed by atoms with Crippen LogP contribution in [-0.2, 0) is 6.42 Å². The molecule has 4 nitrogen and oxygen atoms in total. The van der Waals surface area contributed by atoms with E-state index >= 15 is 0 Å². The largest absolute Gasteiger partial charge is 0.504 e. The zero-order valence-electron chi connectivity index (χ0n) is 17.8. The Hall–Kier alpha value is -3.14. The first-order chi connectivity index (χ1) is 13.9. The number of rotatable bonds is 6. The number of phenolic OH excluding ortho intramolecular Hbond substituents is 1. The number of ether oxygens (including phenoxy) is 3. The van der Waals surface area contributed by atoms with E-state index in [1.165, 1.54) is 0 Å². The first kappa shape index (κ1) is 20.6. The predicted molar refractivity (Wildman–Crippen MR) is 116 cm³/mol. The van der Waals surface area contributed by atoms with Gasteiger partial charge in [0.05, 0.1) is 21.3 Å². The fourth-order valence-electron chi connectivity index (χ4n) is 3.66. The Morgan fingerprint density at radius 3 is 1.86 bits per heavy atom. The van der Waals surface area contributed by atoms with Gasteiger partial charge in [0.15, 0.2) is 11.5 Å². The second-order valence-electron chi connectivity index (χ2n) is 6.96. The Morgan fingerprint density at radius 2 is 1.38 bits per heavy atom. The van der Waals surface area contributed by atoms with Gasteiger partial charge in [0, 0.05) is 16.7 Å². The molecule has 29 heavy (non-hydrogen) atoms. The normalized spacial score (nSPS) is 10.7. The van der Waals surface area contributed by atoms with E-state index in [2.05, 4.69) is 12.1 Å². The van der Waals surface area contributed by atoms with Gasteiger partial charge in [-0.05, 0) is 72.9 Å². The number of phenols is 1. The summed E-state index contributed by atoms with van der Waals surface area (Å²) in [6, 6.07) is 15.4. The first-order valence-corrected chi connectivity index (χ1v) is 9.60. The summed E-state index contributed by atoms with van der Waals surface area (Å²) in [7, 11) is 4.90. The van der Waals surface area contributed by atoms with Crippen LogP contribution in [0.3, 0.4) is 0 Å². The number of hydrogen-bond acceptors (Lipinski definition) is 4. The molecule has 0 saturated carbocycles. The molecule has 0 heterocycles. The van der Waals surface area contributed by atoms with E-state index in [0.717, 1.165) is 50.4 Å². The Bertz CT molecular complexity index is 1040. The van der Waals surface area contributed by atoms with Gasteiger partial charge in [-0.2, -0.15) is 0 Å². The van der Waals surface area contributed by atoms with Crippen LogP contribution in [0.15, 0.2) is 36.4 Å². The summed E-state index contributed by atoms with van der Waals surface area (Å²) < 4.78 is 16.5. The fraction of sp³-hybridized carbons (Fsp3) is 0.280. The van der Waals surface area contributed by atoms with Crippen molar-refractivity contribution < 1.29 is 19.3 Å². The Morgan fingerprint density at radius 1 is 0.828 bits per heavy atom. The van der Waals surface area contributed by atoms with Crippen molar-refractivity contribution in [2.45, 2.75) is 27.2 Å². The molecule has 0 fully saturated rings. The lowest BCUT2D eigenvalue weighted by atomic mass is 9.89. The minimum absolute atomic E-state index is 0.132. The molecule has 0 amide bonds. The van der Waals surface area contributed by atoms with Gasteiger partial charge in [-0.25, -0.2) is 0 Å². The van der Waals surface area contributed by atoms with Crippen molar-refractivity contribution in [2.75, 3.05) is 21.3 Å². The zero-order chi connectivity index (χ0) is 21.1. The third-order valence-electron chi connectivity index (χ3n) is 5.18. The third kappa shape index (κ3) is 3.75. The van der Waals surface area contributed by atoms with Crippen molar-refractivity contribution in [1.29, 1.82) is 0 Å². The van der Waals surface area contributed by atoms with E-state index < -0.39 is 0 Å². The van der Waals surface area contributed by atoms with Crippen molar-refractivity contribution in [2.24, 2.45) is 0 Å². The molecule has 4 heteroatoms. The maximum atomic E-state index is 10.8. The number of aryl methyl sites for hydroxylation is 3. The molecule has 0 aliphatic rings. The molecule has 1 radical (unpaired) electrons. The lowest BCUT2D eigenvalue weighted by molar-refractivity contribution is 0.372. The number of aromatic hydroxyl groups is 1. The molecule has 1 N–H and O–H groups in total. The molecule has 0 aliphatic carbocycles. The molecule has 151 valence electrons. The molecule has 3 aromatic rings. The van der Waals surface area contributed by atoms with Crippen molar-refractivity contribution in [1.82, 2.24) is 0 Å². The first-order valence-electron chi connectivity index (χ1n) is 9.60. The summed E-state index contributed by atoms with van der Waals surface area (Å²) in [6.07, 6.45) is 0.645. The topological polar surface area (TPSA) is 47.9 Å². The van der Waals surface area contributed by atoms with Crippen molar-refractivity contribution >= 4 is 0 Å². The summed E-state index contributed by atoms with van der Waals surface area (Å²) >= 11 is 0. The number of hydrogen-bond donors (Lipinski definition) is 1. The van der Waals surface area contributed by atoms with Crippen LogP contribution in [0, 0.1) is 19.9 Å². The lowest BCUT2D eigenvalue weighted by Crippen LogP contribution is -1.98. The molecule has 0 atom stereocenters. The predicted octanol–water partition coefficient (Wildman–Crippen LogP) is 5.73. The molecule has 0 bridgehead atoms. The SMILES string of the molecule is CCc1[c]c(-c2ccc(OC)c(C)c2)c(-c2ccc(OC)c(C)c2)c(OC)c1O. The van der Waals surface area contributed by atoms with Crippen LogP contribution in [-0.4, -0.2) is 26.4 Å². The van der Waals surface area contributed by atoms with E-state index in [1.807, 2.05) is 51.1 Å². The lowest BCUT2D eigenvalue weighted by Gasteiger charge is -2.19. The van der Waals surface area contributed by atoms with Gasteiger partial charge in [0.25, 0.3) is 0 Å². The van der Waals surface area contributed by atoms with Crippen LogP contribution >= 0.6 is 0 Å². The smallest absolute Gasteiger partial charge is 0.169 e. The van der Waals surface area contributed by atoms with Gasteiger partial charge in [-0.15, -0.1) is 0 Å². The summed E-state index contributed by atoms with van der Waals surface area (Å²) in [5, 5.41) is 10.8. The Balaban J connectivity index is 2.35. The Kier molecular flexibility index (Phi) is 6.02. The quantitative estimate of drug-likeness (QED) is 0.583. The molecule has 0 aromatic heterocycles. The third-order valence-corrected chi connectivity index (χ3v) is 5.18. The monoisotopic (exact) mass is 391 g/mol. The highest BCUT2D eigenvalue weighted by atomic mass is 16.5. The fourth-order valence-corrected chi connectivity index (χ4v) is 3.66. The minimum Gasteiger partial charge on any atom is -0.504 e. The van der Waals surface area contributed by atoms with Crippen LogP contribution in [0.1, 0.15) is 23.6 Å². The highest BCUT2D eigenvalue weighted by Gasteiger charge is 2.22. The number of methoxy groups -OCH3 is 3. The molecule has 0 aliphatic heterocycles. The Labute approximate surface area is 172 Å². The second kappa shape index (κ2) is 8.48. The summed E-state index contributed by atoms with van der Waals surface area (Å²) in [6.45, 7) is 6.00. The molecule has 0 spiro atoms. The maximum Gasteiger partial charge on any atom is 0.169 e. The van der Waals surface area contributed by atoms with Gasteiger partial charge in [0.2, 0.25) is 0 Å². The van der Waals surface area contributed by atoms with Crippen molar-refractivity contribution in [3.05, 3.63) is 59.2 Å². The van der Waals surface area contributed by atoms with E-state index in [4.69, 9.17) is 14.2 Å². The van der Waals surface area contributed by atoms with Gasteiger partial charge in [-0.3, -0.25) is 0 Å². The van der Waals surface area contributed by atoms with Crippen LogP contribution in [0.5, 0.6) is 23.0 Å². The summed E-state index contributed by atoms with van der Waals surface area (Å²) in [5.74, 6) is 2.23. The van der Waals surface area contributed by atoms with E-state index in [1.54, 1.807) is 21.3 Å². The summed E-state index contributed by atoms with van der Waals surface area (Å²) in [5.41, 5.74) is 6.35. The zero-order valence-corrected chi connectivity index (χ0v) is 17.8. The molecule has 3 aromatic carbocycles. The number of benzene rings is 3. The average molecular weight is 391 g/mol. The molecule has 0 unspecified atom stereocenters. The molecular weight excluding hydrogens is 364 g/mol. The van der Waals surface area contributed by atoms with Gasteiger partial charge in [-0.1, -0.05) is 19.1 Å². The minimum atomic E-state index is 0.132. The molecular formula is C25H27O4. The van der Waals surface area contributed by atoms with E-state index in [-0.39, 0.29) is 5.75 Å². The van der Waals surface area contributed by atoms with Crippen molar-refractivity contribution in [3.8, 4) is 45.3 Å². The highest BCUT2D eigenvalue weighted by molar-refractivity contribution is 5.90. The molecule has 3 rings (SSSR count). The second-order valence-corrected chi connectivity index (χ2v) is 6.96. The van der Waals surface area contributed by atoms with Gasteiger partial charge < -0.3 is 19.3 Å². The average Bonchev–Trinajstić information content (AvgIpc) is 2.73. The molecule has 0 saturated heterocycles. The maximum absolute atomic E-state index is 10.8. The summed E-state index contributed by atoms with van der Waals surface area (Å²) in [4.78, 5) is 0. The van der Waals surface area contributed by atoms with Gasteiger partial charge in [0.1, 0.15) is 11.5 Å². The highest BCUT2D eigenvalue weighted by Crippen LogP contribution is 2.47. The van der Waals surface area contributed by atoms with Crippen LogP contribution < -0.4 is 14.2 Å². The van der Waals surface area contributed by atoms with Crippen LogP contribution in [0.25, 0.3) is 22.3 Å². The van der Waals surface area contributed by atoms with E-state index in [0.29, 0.717) is 12.2 Å². The van der Waals surface area contributed by atoms with Crippen molar-refractivity contribution in [3.63, 3.8) is 0 Å².